The number of amides is 1. The van der Waals surface area contributed by atoms with Gasteiger partial charge in [-0.05, 0) is 36.8 Å². The highest BCUT2D eigenvalue weighted by molar-refractivity contribution is 6.02. The normalized spacial score (nSPS) is 11.0. The lowest BCUT2D eigenvalue weighted by molar-refractivity contribution is 0.0996. The maximum atomic E-state index is 11.9. The molecule has 0 bridgehead atoms. The summed E-state index contributed by atoms with van der Waals surface area (Å²) in [5, 5.41) is 9.09. The standard InChI is InChI=1S/C18H22N4O2/c1-3-11-20-18(19-4-2)21-13-14-7-9-15(10-8-14)22-17(23)16-6-5-12-24-16/h3,5-10,12H,1,4,11,13H2,2H3,(H,22,23)(H2,19,20,21). The SMILES string of the molecule is C=CCNC(=NCc1ccc(NC(=O)c2ccco2)cc1)NCC. The number of anilines is 1. The van der Waals surface area contributed by atoms with E-state index in [2.05, 4.69) is 27.5 Å². The van der Waals surface area contributed by atoms with Crippen molar-refractivity contribution in [2.45, 2.75) is 13.5 Å². The van der Waals surface area contributed by atoms with Crippen molar-refractivity contribution in [1.29, 1.82) is 0 Å². The lowest BCUT2D eigenvalue weighted by Gasteiger charge is -2.09. The van der Waals surface area contributed by atoms with Gasteiger partial charge in [0.2, 0.25) is 0 Å². The van der Waals surface area contributed by atoms with E-state index in [4.69, 9.17) is 4.42 Å². The van der Waals surface area contributed by atoms with E-state index < -0.39 is 0 Å². The summed E-state index contributed by atoms with van der Waals surface area (Å²) >= 11 is 0. The summed E-state index contributed by atoms with van der Waals surface area (Å²) < 4.78 is 5.06. The molecule has 0 saturated heterocycles. The summed E-state index contributed by atoms with van der Waals surface area (Å²) in [5.74, 6) is 0.758. The number of carbonyl (C=O) groups is 1. The molecule has 24 heavy (non-hydrogen) atoms. The fourth-order valence-corrected chi connectivity index (χ4v) is 1.97. The first-order valence-electron chi connectivity index (χ1n) is 7.79. The molecule has 2 aromatic rings. The van der Waals surface area contributed by atoms with Gasteiger partial charge >= 0.3 is 0 Å². The van der Waals surface area contributed by atoms with Gasteiger partial charge in [0.15, 0.2) is 11.7 Å². The van der Waals surface area contributed by atoms with E-state index in [1.165, 1.54) is 6.26 Å². The molecule has 0 fully saturated rings. The maximum Gasteiger partial charge on any atom is 0.291 e. The largest absolute Gasteiger partial charge is 0.459 e. The van der Waals surface area contributed by atoms with E-state index in [-0.39, 0.29) is 11.7 Å². The first kappa shape index (κ1) is 17.3. The van der Waals surface area contributed by atoms with Crippen molar-refractivity contribution in [1.82, 2.24) is 10.6 Å². The predicted molar refractivity (Wildman–Crippen MR) is 96.1 cm³/mol. The van der Waals surface area contributed by atoms with Crippen LogP contribution in [0.3, 0.4) is 0 Å². The van der Waals surface area contributed by atoms with Crippen LogP contribution in [-0.4, -0.2) is 25.0 Å². The molecule has 0 radical (unpaired) electrons. The molecule has 0 aliphatic carbocycles. The van der Waals surface area contributed by atoms with Crippen LogP contribution in [0.15, 0.2) is 64.7 Å². The Labute approximate surface area is 141 Å². The van der Waals surface area contributed by atoms with Crippen LogP contribution in [0.25, 0.3) is 0 Å². The van der Waals surface area contributed by atoms with E-state index >= 15 is 0 Å². The molecule has 0 aliphatic rings. The van der Waals surface area contributed by atoms with E-state index in [0.717, 1.165) is 18.1 Å². The molecule has 126 valence electrons. The fraction of sp³-hybridized carbons (Fsp3) is 0.222. The van der Waals surface area contributed by atoms with E-state index in [1.54, 1.807) is 18.2 Å². The molecule has 6 nitrogen and oxygen atoms in total. The molecule has 0 unspecified atom stereocenters. The van der Waals surface area contributed by atoms with Crippen molar-refractivity contribution in [3.63, 3.8) is 0 Å². The predicted octanol–water partition coefficient (Wildman–Crippen LogP) is 2.77. The molecular weight excluding hydrogens is 304 g/mol. The minimum absolute atomic E-state index is 0.270. The summed E-state index contributed by atoms with van der Waals surface area (Å²) in [7, 11) is 0. The zero-order valence-electron chi connectivity index (χ0n) is 13.7. The molecule has 0 spiro atoms. The number of guanidine groups is 1. The number of furan rings is 1. The highest BCUT2D eigenvalue weighted by Gasteiger charge is 2.08. The minimum Gasteiger partial charge on any atom is -0.459 e. The van der Waals surface area contributed by atoms with Crippen LogP contribution >= 0.6 is 0 Å². The van der Waals surface area contributed by atoms with Gasteiger partial charge < -0.3 is 20.4 Å². The lowest BCUT2D eigenvalue weighted by Crippen LogP contribution is -2.37. The number of carbonyl (C=O) groups excluding carboxylic acids is 1. The minimum atomic E-state index is -0.270. The van der Waals surface area contributed by atoms with Crippen molar-refractivity contribution in [2.24, 2.45) is 4.99 Å². The van der Waals surface area contributed by atoms with Gasteiger partial charge in [0, 0.05) is 18.8 Å². The Bertz CT molecular complexity index is 676. The van der Waals surface area contributed by atoms with Crippen LogP contribution in [0.2, 0.25) is 0 Å². The van der Waals surface area contributed by atoms with E-state index in [1.807, 2.05) is 31.2 Å². The third kappa shape index (κ3) is 5.31. The summed E-state index contributed by atoms with van der Waals surface area (Å²) in [6, 6.07) is 10.8. The molecule has 1 aromatic heterocycles. The molecule has 0 atom stereocenters. The Morgan fingerprint density at radius 2 is 2.04 bits per heavy atom. The van der Waals surface area contributed by atoms with Crippen LogP contribution in [0.1, 0.15) is 23.0 Å². The molecular formula is C18H22N4O2. The molecule has 1 heterocycles. The van der Waals surface area contributed by atoms with Crippen LogP contribution in [0, 0.1) is 0 Å². The third-order valence-corrected chi connectivity index (χ3v) is 3.13. The van der Waals surface area contributed by atoms with Gasteiger partial charge in [0.1, 0.15) is 0 Å². The Kier molecular flexibility index (Phi) is 6.64. The quantitative estimate of drug-likeness (QED) is 0.415. The molecule has 6 heteroatoms. The van der Waals surface area contributed by atoms with Crippen molar-refractivity contribution >= 4 is 17.6 Å². The zero-order valence-corrected chi connectivity index (χ0v) is 13.7. The fourth-order valence-electron chi connectivity index (χ4n) is 1.97. The summed E-state index contributed by atoms with van der Waals surface area (Å²) in [6.45, 7) is 7.68. The maximum absolute atomic E-state index is 11.9. The highest BCUT2D eigenvalue weighted by Crippen LogP contribution is 2.12. The second-order valence-corrected chi connectivity index (χ2v) is 4.99. The van der Waals surface area contributed by atoms with Crippen LogP contribution < -0.4 is 16.0 Å². The smallest absolute Gasteiger partial charge is 0.291 e. The number of nitrogens with one attached hydrogen (secondary N) is 3. The second-order valence-electron chi connectivity index (χ2n) is 4.99. The molecule has 0 aliphatic heterocycles. The Balaban J connectivity index is 1.93. The molecule has 0 saturated carbocycles. The van der Waals surface area contributed by atoms with Gasteiger partial charge in [0.25, 0.3) is 5.91 Å². The lowest BCUT2D eigenvalue weighted by atomic mass is 10.2. The average molecular weight is 326 g/mol. The third-order valence-electron chi connectivity index (χ3n) is 3.13. The highest BCUT2D eigenvalue weighted by atomic mass is 16.3. The van der Waals surface area contributed by atoms with Crippen LogP contribution in [0.4, 0.5) is 5.69 Å². The second kappa shape index (κ2) is 9.19. The van der Waals surface area contributed by atoms with Gasteiger partial charge in [-0.3, -0.25) is 4.79 Å². The van der Waals surface area contributed by atoms with Crippen LogP contribution in [0.5, 0.6) is 0 Å². The molecule has 1 amide bonds. The topological polar surface area (TPSA) is 78.7 Å². The Morgan fingerprint density at radius 3 is 2.67 bits per heavy atom. The van der Waals surface area contributed by atoms with Gasteiger partial charge in [-0.25, -0.2) is 4.99 Å². The van der Waals surface area contributed by atoms with Crippen molar-refractivity contribution in [2.75, 3.05) is 18.4 Å². The van der Waals surface area contributed by atoms with Crippen LogP contribution in [-0.2, 0) is 6.54 Å². The summed E-state index contributed by atoms with van der Waals surface area (Å²) in [6.07, 6.45) is 3.25. The number of aliphatic imine (C=N–C) groups is 1. The van der Waals surface area contributed by atoms with Crippen molar-refractivity contribution in [3.8, 4) is 0 Å². The zero-order chi connectivity index (χ0) is 17.2. The first-order valence-corrected chi connectivity index (χ1v) is 7.79. The van der Waals surface area contributed by atoms with Crippen molar-refractivity contribution < 1.29 is 9.21 Å². The number of nitrogens with zero attached hydrogens (tertiary/aromatic N) is 1. The number of rotatable bonds is 7. The van der Waals surface area contributed by atoms with Crippen molar-refractivity contribution in [3.05, 3.63) is 66.6 Å². The summed E-state index contributed by atoms with van der Waals surface area (Å²) in [5.41, 5.74) is 1.75. The Hall–Kier alpha value is -3.02. The van der Waals surface area contributed by atoms with Gasteiger partial charge in [-0.15, -0.1) is 6.58 Å². The van der Waals surface area contributed by atoms with Gasteiger partial charge in [-0.1, -0.05) is 18.2 Å². The number of hydrogen-bond acceptors (Lipinski definition) is 3. The Morgan fingerprint density at radius 1 is 1.25 bits per heavy atom. The van der Waals surface area contributed by atoms with E-state index in [0.29, 0.717) is 18.8 Å². The van der Waals surface area contributed by atoms with Gasteiger partial charge in [-0.2, -0.15) is 0 Å². The molecule has 3 N–H and O–H groups in total. The average Bonchev–Trinajstić information content (AvgIpc) is 3.13. The van der Waals surface area contributed by atoms with E-state index in [9.17, 15) is 4.79 Å². The number of benzene rings is 1. The molecule has 1 aromatic carbocycles. The number of hydrogen-bond donors (Lipinski definition) is 3. The first-order chi connectivity index (χ1) is 11.7. The van der Waals surface area contributed by atoms with Gasteiger partial charge in [0.05, 0.1) is 12.8 Å². The molecule has 2 rings (SSSR count). The summed E-state index contributed by atoms with van der Waals surface area (Å²) in [4.78, 5) is 16.4. The monoisotopic (exact) mass is 326 g/mol.